The summed E-state index contributed by atoms with van der Waals surface area (Å²) >= 11 is 0. The molecule has 3 N–H and O–H groups in total. The molecule has 1 saturated carbocycles. The van der Waals surface area contributed by atoms with Crippen molar-refractivity contribution in [2.75, 3.05) is 11.9 Å². The highest BCUT2D eigenvalue weighted by molar-refractivity contribution is 5.88. The van der Waals surface area contributed by atoms with E-state index in [4.69, 9.17) is 0 Å². The highest BCUT2D eigenvalue weighted by atomic mass is 16.2. The molecule has 1 fully saturated rings. The average Bonchev–Trinajstić information content (AvgIpc) is 2.52. The highest BCUT2D eigenvalue weighted by Crippen LogP contribution is 2.27. The molecule has 1 aliphatic carbocycles. The summed E-state index contributed by atoms with van der Waals surface area (Å²) in [5.74, 6) is 1.34. The minimum absolute atomic E-state index is 0.102. The number of hydrogen-bond donors (Lipinski definition) is 3. The van der Waals surface area contributed by atoms with Gasteiger partial charge in [0.1, 0.15) is 0 Å². The largest absolute Gasteiger partial charge is 0.338 e. The molecule has 0 heterocycles. The highest BCUT2D eigenvalue weighted by Gasteiger charge is 2.18. The second-order valence-electron chi connectivity index (χ2n) is 6.57. The van der Waals surface area contributed by atoms with E-state index < -0.39 is 0 Å². The third kappa shape index (κ3) is 6.30. The van der Waals surface area contributed by atoms with Crippen LogP contribution in [0.25, 0.3) is 0 Å². The van der Waals surface area contributed by atoms with Crippen LogP contribution in [0, 0.1) is 11.8 Å². The van der Waals surface area contributed by atoms with Crippen LogP contribution in [0.5, 0.6) is 0 Å². The van der Waals surface area contributed by atoms with Gasteiger partial charge in [-0.3, -0.25) is 4.79 Å². The Balaban J connectivity index is 1.70. The molecular weight excluding hydrogens is 290 g/mol. The van der Waals surface area contributed by atoms with Crippen LogP contribution >= 0.6 is 0 Å². The van der Waals surface area contributed by atoms with Crippen LogP contribution in [0.15, 0.2) is 24.3 Å². The van der Waals surface area contributed by atoms with Gasteiger partial charge in [-0.15, -0.1) is 0 Å². The molecule has 1 aliphatic rings. The van der Waals surface area contributed by atoms with Crippen LogP contribution in [-0.2, 0) is 11.3 Å². The van der Waals surface area contributed by atoms with Crippen molar-refractivity contribution in [2.24, 2.45) is 11.8 Å². The van der Waals surface area contributed by atoms with E-state index in [0.717, 1.165) is 23.7 Å². The Kier molecular flexibility index (Phi) is 6.44. The van der Waals surface area contributed by atoms with Gasteiger partial charge in [-0.2, -0.15) is 0 Å². The third-order valence-electron chi connectivity index (χ3n) is 4.39. The number of rotatable bonds is 5. The van der Waals surface area contributed by atoms with Gasteiger partial charge in [-0.1, -0.05) is 31.9 Å². The van der Waals surface area contributed by atoms with Crippen molar-refractivity contribution in [3.63, 3.8) is 0 Å². The van der Waals surface area contributed by atoms with Crippen LogP contribution in [0.1, 0.15) is 45.1 Å². The first-order chi connectivity index (χ1) is 11.0. The Morgan fingerprint density at radius 1 is 1.13 bits per heavy atom. The Labute approximate surface area is 138 Å². The number of amides is 3. The standard InChI is InChI=1S/C18H27N3O2/c1-13-6-8-15(9-7-13)11-19-18(23)20-12-16-4-3-5-17(10-16)21-14(2)22/h3-5,10,13,15H,6-9,11-12H2,1-2H3,(H,21,22)(H2,19,20,23). The summed E-state index contributed by atoms with van der Waals surface area (Å²) in [5, 5.41) is 8.57. The molecule has 1 aromatic carbocycles. The van der Waals surface area contributed by atoms with Gasteiger partial charge in [0.2, 0.25) is 5.91 Å². The van der Waals surface area contributed by atoms with Crippen LogP contribution in [0.3, 0.4) is 0 Å². The summed E-state index contributed by atoms with van der Waals surface area (Å²) in [5.41, 5.74) is 1.70. The van der Waals surface area contributed by atoms with E-state index >= 15 is 0 Å². The molecule has 0 spiro atoms. The number of anilines is 1. The molecule has 3 amide bonds. The predicted octanol–water partition coefficient (Wildman–Crippen LogP) is 3.27. The van der Waals surface area contributed by atoms with Crippen molar-refractivity contribution in [3.8, 4) is 0 Å². The van der Waals surface area contributed by atoms with E-state index in [1.165, 1.54) is 32.6 Å². The molecule has 5 nitrogen and oxygen atoms in total. The zero-order chi connectivity index (χ0) is 16.7. The lowest BCUT2D eigenvalue weighted by atomic mass is 9.83. The van der Waals surface area contributed by atoms with Crippen LogP contribution in [-0.4, -0.2) is 18.5 Å². The van der Waals surface area contributed by atoms with Crippen molar-refractivity contribution in [2.45, 2.75) is 46.1 Å². The van der Waals surface area contributed by atoms with E-state index in [2.05, 4.69) is 22.9 Å². The van der Waals surface area contributed by atoms with Crippen molar-refractivity contribution in [1.82, 2.24) is 10.6 Å². The van der Waals surface area contributed by atoms with E-state index in [0.29, 0.717) is 12.5 Å². The number of carbonyl (C=O) groups is 2. The quantitative estimate of drug-likeness (QED) is 0.780. The zero-order valence-corrected chi connectivity index (χ0v) is 14.0. The van der Waals surface area contributed by atoms with Gasteiger partial charge in [0.05, 0.1) is 0 Å². The molecule has 126 valence electrons. The third-order valence-corrected chi connectivity index (χ3v) is 4.39. The molecule has 0 saturated heterocycles. The maximum atomic E-state index is 11.9. The summed E-state index contributed by atoms with van der Waals surface area (Å²) in [6, 6.07) is 7.35. The normalized spacial score (nSPS) is 20.6. The molecule has 0 atom stereocenters. The fraction of sp³-hybridized carbons (Fsp3) is 0.556. The van der Waals surface area contributed by atoms with E-state index in [1.54, 1.807) is 0 Å². The summed E-state index contributed by atoms with van der Waals surface area (Å²) in [4.78, 5) is 22.9. The minimum atomic E-state index is -0.131. The van der Waals surface area contributed by atoms with Gasteiger partial charge >= 0.3 is 6.03 Å². The second-order valence-corrected chi connectivity index (χ2v) is 6.57. The zero-order valence-electron chi connectivity index (χ0n) is 14.0. The number of carbonyl (C=O) groups excluding carboxylic acids is 2. The minimum Gasteiger partial charge on any atom is -0.338 e. The Morgan fingerprint density at radius 3 is 2.57 bits per heavy atom. The molecule has 0 unspecified atom stereocenters. The maximum absolute atomic E-state index is 11.9. The molecule has 1 aromatic rings. The Bertz CT molecular complexity index is 537. The van der Waals surface area contributed by atoms with Gasteiger partial charge in [-0.25, -0.2) is 4.79 Å². The second kappa shape index (κ2) is 8.56. The van der Waals surface area contributed by atoms with E-state index in [-0.39, 0.29) is 11.9 Å². The lowest BCUT2D eigenvalue weighted by Gasteiger charge is -2.26. The fourth-order valence-electron chi connectivity index (χ4n) is 2.98. The monoisotopic (exact) mass is 317 g/mol. The van der Waals surface area contributed by atoms with Gasteiger partial charge in [0.15, 0.2) is 0 Å². The molecule has 0 aromatic heterocycles. The first kappa shape index (κ1) is 17.3. The Hall–Kier alpha value is -2.04. The van der Waals surface area contributed by atoms with Gasteiger partial charge in [-0.05, 0) is 42.4 Å². The van der Waals surface area contributed by atoms with Gasteiger partial charge in [0.25, 0.3) is 0 Å². The molecule has 23 heavy (non-hydrogen) atoms. The first-order valence-corrected chi connectivity index (χ1v) is 8.41. The average molecular weight is 317 g/mol. The summed E-state index contributed by atoms with van der Waals surface area (Å²) in [7, 11) is 0. The summed E-state index contributed by atoms with van der Waals surface area (Å²) in [6.45, 7) is 4.97. The van der Waals surface area contributed by atoms with Crippen molar-refractivity contribution in [1.29, 1.82) is 0 Å². The van der Waals surface area contributed by atoms with Crippen molar-refractivity contribution >= 4 is 17.6 Å². The maximum Gasteiger partial charge on any atom is 0.315 e. The van der Waals surface area contributed by atoms with Gasteiger partial charge in [0, 0.05) is 25.7 Å². The fourth-order valence-corrected chi connectivity index (χ4v) is 2.98. The molecular formula is C18H27N3O2. The number of hydrogen-bond acceptors (Lipinski definition) is 2. The summed E-state index contributed by atoms with van der Waals surface area (Å²) in [6.07, 6.45) is 4.95. The molecule has 0 radical (unpaired) electrons. The Morgan fingerprint density at radius 2 is 1.87 bits per heavy atom. The van der Waals surface area contributed by atoms with Crippen LogP contribution in [0.4, 0.5) is 10.5 Å². The van der Waals surface area contributed by atoms with E-state index in [1.807, 2.05) is 24.3 Å². The van der Waals surface area contributed by atoms with Crippen LogP contribution in [0.2, 0.25) is 0 Å². The first-order valence-electron chi connectivity index (χ1n) is 8.41. The van der Waals surface area contributed by atoms with Crippen molar-refractivity contribution < 1.29 is 9.59 Å². The lowest BCUT2D eigenvalue weighted by Crippen LogP contribution is -2.38. The van der Waals surface area contributed by atoms with E-state index in [9.17, 15) is 9.59 Å². The number of benzene rings is 1. The topological polar surface area (TPSA) is 70.2 Å². The smallest absolute Gasteiger partial charge is 0.315 e. The SMILES string of the molecule is CC(=O)Nc1cccc(CNC(=O)NCC2CCC(C)CC2)c1. The van der Waals surface area contributed by atoms with Crippen LogP contribution < -0.4 is 16.0 Å². The van der Waals surface area contributed by atoms with Gasteiger partial charge < -0.3 is 16.0 Å². The number of urea groups is 1. The molecule has 2 rings (SSSR count). The van der Waals surface area contributed by atoms with Crippen molar-refractivity contribution in [3.05, 3.63) is 29.8 Å². The summed E-state index contributed by atoms with van der Waals surface area (Å²) < 4.78 is 0. The molecule has 0 bridgehead atoms. The predicted molar refractivity (Wildman–Crippen MR) is 92.1 cm³/mol. The number of nitrogens with one attached hydrogen (secondary N) is 3. The molecule has 5 heteroatoms. The molecule has 0 aliphatic heterocycles. The lowest BCUT2D eigenvalue weighted by molar-refractivity contribution is -0.114.